The number of unbranched alkanes of at least 4 members (excludes halogenated alkanes) is 2. The van der Waals surface area contributed by atoms with Gasteiger partial charge in [0.25, 0.3) is 0 Å². The highest BCUT2D eigenvalue weighted by molar-refractivity contribution is 5.37. The van der Waals surface area contributed by atoms with Crippen molar-refractivity contribution in [3.05, 3.63) is 35.1 Å². The molecule has 1 aromatic carbocycles. The van der Waals surface area contributed by atoms with Crippen molar-refractivity contribution in [1.82, 2.24) is 0 Å². The molecular weight excluding hydrogens is 187 g/mol. The highest BCUT2D eigenvalue weighted by atomic mass is 19.1. The predicted molar refractivity (Wildman–Crippen MR) is 62.2 cm³/mol. The van der Waals surface area contributed by atoms with E-state index >= 15 is 0 Å². The molecule has 15 heavy (non-hydrogen) atoms. The largest absolute Gasteiger partial charge is 0.206 e. The van der Waals surface area contributed by atoms with Crippen LogP contribution < -0.4 is 0 Å². The zero-order valence-electron chi connectivity index (χ0n) is 9.44. The summed E-state index contributed by atoms with van der Waals surface area (Å²) in [5.41, 5.74) is 1.57. The van der Waals surface area contributed by atoms with E-state index in [2.05, 4.69) is 18.8 Å². The first kappa shape index (κ1) is 11.8. The minimum atomic E-state index is -0.196. The molecular formula is C14H17F. The van der Waals surface area contributed by atoms with Crippen molar-refractivity contribution < 1.29 is 4.39 Å². The maximum Gasteiger partial charge on any atom is 0.139 e. The van der Waals surface area contributed by atoms with E-state index in [-0.39, 0.29) is 5.82 Å². The molecule has 0 spiro atoms. The van der Waals surface area contributed by atoms with E-state index in [9.17, 15) is 4.39 Å². The lowest BCUT2D eigenvalue weighted by atomic mass is 10.1. The molecule has 0 heterocycles. The maximum atomic E-state index is 13.4. The van der Waals surface area contributed by atoms with Gasteiger partial charge in [-0.25, -0.2) is 4.39 Å². The lowest BCUT2D eigenvalue weighted by Gasteiger charge is -2.02. The van der Waals surface area contributed by atoms with Gasteiger partial charge in [-0.2, -0.15) is 0 Å². The molecule has 0 amide bonds. The molecule has 0 radical (unpaired) electrons. The molecule has 1 aromatic rings. The van der Waals surface area contributed by atoms with Crippen LogP contribution in [-0.2, 0) is 6.42 Å². The molecule has 0 saturated heterocycles. The fraction of sp³-hybridized carbons (Fsp3) is 0.429. The van der Waals surface area contributed by atoms with E-state index in [0.29, 0.717) is 5.56 Å². The fourth-order valence-corrected chi connectivity index (χ4v) is 1.53. The molecule has 0 aromatic heterocycles. The zero-order valence-corrected chi connectivity index (χ0v) is 9.44. The van der Waals surface area contributed by atoms with Gasteiger partial charge in [-0.1, -0.05) is 31.8 Å². The first-order valence-electron chi connectivity index (χ1n) is 5.49. The average Bonchev–Trinajstić information content (AvgIpc) is 2.23. The van der Waals surface area contributed by atoms with Gasteiger partial charge < -0.3 is 0 Å². The first-order valence-corrected chi connectivity index (χ1v) is 5.49. The molecule has 0 saturated carbocycles. The molecule has 0 aliphatic rings. The van der Waals surface area contributed by atoms with Crippen LogP contribution >= 0.6 is 0 Å². The quantitative estimate of drug-likeness (QED) is 0.515. The summed E-state index contributed by atoms with van der Waals surface area (Å²) in [5.74, 6) is 5.26. The van der Waals surface area contributed by atoms with Crippen molar-refractivity contribution in [3.63, 3.8) is 0 Å². The summed E-state index contributed by atoms with van der Waals surface area (Å²) >= 11 is 0. The third-order valence-corrected chi connectivity index (χ3v) is 2.36. The number of aryl methyl sites for hydroxylation is 1. The highest BCUT2D eigenvalue weighted by Gasteiger charge is 2.00. The van der Waals surface area contributed by atoms with Crippen molar-refractivity contribution in [2.45, 2.75) is 39.5 Å². The van der Waals surface area contributed by atoms with E-state index in [1.165, 1.54) is 12.8 Å². The van der Waals surface area contributed by atoms with Crippen LogP contribution in [0.4, 0.5) is 4.39 Å². The summed E-state index contributed by atoms with van der Waals surface area (Å²) in [6.07, 6.45) is 4.50. The molecule has 80 valence electrons. The number of rotatable bonds is 4. The monoisotopic (exact) mass is 204 g/mol. The molecule has 0 aliphatic heterocycles. The Balaban J connectivity index is 2.67. The summed E-state index contributed by atoms with van der Waals surface area (Å²) in [7, 11) is 0. The highest BCUT2D eigenvalue weighted by Crippen LogP contribution is 2.12. The second-order valence-electron chi connectivity index (χ2n) is 3.65. The minimum absolute atomic E-state index is 0.196. The van der Waals surface area contributed by atoms with Crippen LogP contribution in [0.25, 0.3) is 0 Å². The molecule has 1 heteroatoms. The normalized spacial score (nSPS) is 9.53. The van der Waals surface area contributed by atoms with E-state index in [1.807, 2.05) is 6.07 Å². The SMILES string of the molecule is CC#Cc1ccc(CCCCC)cc1F. The third-order valence-electron chi connectivity index (χ3n) is 2.36. The van der Waals surface area contributed by atoms with Gasteiger partial charge in [0.05, 0.1) is 5.56 Å². The van der Waals surface area contributed by atoms with Crippen molar-refractivity contribution in [1.29, 1.82) is 0 Å². The van der Waals surface area contributed by atoms with E-state index < -0.39 is 0 Å². The predicted octanol–water partition coefficient (Wildman–Crippen LogP) is 3.93. The topological polar surface area (TPSA) is 0 Å². The lowest BCUT2D eigenvalue weighted by Crippen LogP contribution is -1.90. The van der Waals surface area contributed by atoms with Crippen LogP contribution in [-0.4, -0.2) is 0 Å². The number of hydrogen-bond acceptors (Lipinski definition) is 0. The molecule has 1 rings (SSSR count). The molecule has 0 unspecified atom stereocenters. The van der Waals surface area contributed by atoms with Gasteiger partial charge in [-0.15, -0.1) is 5.92 Å². The van der Waals surface area contributed by atoms with E-state index in [0.717, 1.165) is 18.4 Å². The Labute approximate surface area is 91.5 Å². The molecule has 0 fully saturated rings. The van der Waals surface area contributed by atoms with Gasteiger partial charge in [0, 0.05) is 0 Å². The standard InChI is InChI=1S/C14H17F/c1-3-5-6-8-12-9-10-13(7-4-2)14(15)11-12/h9-11H,3,5-6,8H2,1-2H3. The van der Waals surface area contributed by atoms with Crippen molar-refractivity contribution in [2.24, 2.45) is 0 Å². The van der Waals surface area contributed by atoms with Gasteiger partial charge >= 0.3 is 0 Å². The van der Waals surface area contributed by atoms with Crippen LogP contribution in [0.5, 0.6) is 0 Å². The Morgan fingerprint density at radius 2 is 2.07 bits per heavy atom. The van der Waals surface area contributed by atoms with Gasteiger partial charge in [0.2, 0.25) is 0 Å². The Hall–Kier alpha value is -1.29. The van der Waals surface area contributed by atoms with Crippen LogP contribution in [0.2, 0.25) is 0 Å². The smallest absolute Gasteiger partial charge is 0.139 e. The summed E-state index contributed by atoms with van der Waals surface area (Å²) in [5, 5.41) is 0. The van der Waals surface area contributed by atoms with E-state index in [1.54, 1.807) is 19.1 Å². The average molecular weight is 204 g/mol. The number of halogens is 1. The van der Waals surface area contributed by atoms with E-state index in [4.69, 9.17) is 0 Å². The van der Waals surface area contributed by atoms with Crippen LogP contribution in [0.15, 0.2) is 18.2 Å². The molecule has 0 bridgehead atoms. The summed E-state index contributed by atoms with van der Waals surface area (Å²) in [4.78, 5) is 0. The fourth-order valence-electron chi connectivity index (χ4n) is 1.53. The Kier molecular flexibility index (Phi) is 4.90. The van der Waals surface area contributed by atoms with Gasteiger partial charge in [0.15, 0.2) is 0 Å². The lowest BCUT2D eigenvalue weighted by molar-refractivity contribution is 0.619. The first-order chi connectivity index (χ1) is 7.27. The summed E-state index contributed by atoms with van der Waals surface area (Å²) < 4.78 is 13.4. The van der Waals surface area contributed by atoms with Gasteiger partial charge in [-0.3, -0.25) is 0 Å². The van der Waals surface area contributed by atoms with Crippen molar-refractivity contribution in [2.75, 3.05) is 0 Å². The number of benzene rings is 1. The molecule has 0 nitrogen and oxygen atoms in total. The molecule has 0 atom stereocenters. The molecule has 0 N–H and O–H groups in total. The van der Waals surface area contributed by atoms with Gasteiger partial charge in [-0.05, 0) is 37.5 Å². The maximum absolute atomic E-state index is 13.4. The zero-order chi connectivity index (χ0) is 11.1. The second kappa shape index (κ2) is 6.24. The summed E-state index contributed by atoms with van der Waals surface area (Å²) in [6.45, 7) is 3.88. The Bertz CT molecular complexity index is 369. The van der Waals surface area contributed by atoms with Crippen LogP contribution in [0, 0.1) is 17.7 Å². The van der Waals surface area contributed by atoms with Gasteiger partial charge in [0.1, 0.15) is 5.82 Å². The Morgan fingerprint density at radius 3 is 2.67 bits per heavy atom. The van der Waals surface area contributed by atoms with Crippen LogP contribution in [0.3, 0.4) is 0 Å². The molecule has 0 aliphatic carbocycles. The van der Waals surface area contributed by atoms with Crippen molar-refractivity contribution in [3.8, 4) is 11.8 Å². The van der Waals surface area contributed by atoms with Crippen molar-refractivity contribution >= 4 is 0 Å². The minimum Gasteiger partial charge on any atom is -0.206 e. The second-order valence-corrected chi connectivity index (χ2v) is 3.65. The summed E-state index contributed by atoms with van der Waals surface area (Å²) in [6, 6.07) is 5.35. The van der Waals surface area contributed by atoms with Crippen LogP contribution in [0.1, 0.15) is 44.2 Å². The number of hydrogen-bond donors (Lipinski definition) is 0. The Morgan fingerprint density at radius 1 is 1.27 bits per heavy atom. The third kappa shape index (κ3) is 3.75.